The maximum atomic E-state index is 12.7. The minimum Gasteiger partial charge on any atom is -0.486 e. The average Bonchev–Trinajstić information content (AvgIpc) is 2.86. The van der Waals surface area contributed by atoms with E-state index in [4.69, 9.17) is 21.1 Å². The van der Waals surface area contributed by atoms with Crippen molar-refractivity contribution in [3.05, 3.63) is 22.7 Å². The van der Waals surface area contributed by atoms with Crippen LogP contribution in [0.2, 0.25) is 5.02 Å². The van der Waals surface area contributed by atoms with Crippen LogP contribution in [0, 0.1) is 0 Å². The molecule has 2 unspecified atom stereocenters. The average molecular weight is 337 g/mol. The SMILES string of the molecule is O=C(Cc1cc(Cl)c2c(c1)OCCO2)N1CCC2CCC(C1)N2. The molecule has 4 rings (SSSR count). The highest BCUT2D eigenvalue weighted by Gasteiger charge is 2.31. The lowest BCUT2D eigenvalue weighted by molar-refractivity contribution is -0.130. The Hall–Kier alpha value is -1.46. The number of benzene rings is 1. The van der Waals surface area contributed by atoms with E-state index in [1.54, 1.807) is 0 Å². The molecule has 23 heavy (non-hydrogen) atoms. The fourth-order valence-corrected chi connectivity index (χ4v) is 4.01. The van der Waals surface area contributed by atoms with Crippen molar-refractivity contribution in [2.45, 2.75) is 37.8 Å². The predicted octanol–water partition coefficient (Wildman–Crippen LogP) is 2.01. The van der Waals surface area contributed by atoms with Crippen LogP contribution in [0.25, 0.3) is 0 Å². The topological polar surface area (TPSA) is 50.8 Å². The van der Waals surface area contributed by atoms with Crippen LogP contribution in [0.15, 0.2) is 12.1 Å². The van der Waals surface area contributed by atoms with E-state index < -0.39 is 0 Å². The van der Waals surface area contributed by atoms with Crippen LogP contribution in [0.3, 0.4) is 0 Å². The molecule has 2 fully saturated rings. The van der Waals surface area contributed by atoms with Crippen LogP contribution in [0.1, 0.15) is 24.8 Å². The Bertz CT molecular complexity index is 622. The van der Waals surface area contributed by atoms with Gasteiger partial charge in [0.25, 0.3) is 0 Å². The molecule has 0 saturated carbocycles. The molecule has 2 atom stereocenters. The Morgan fingerprint density at radius 1 is 1.22 bits per heavy atom. The fourth-order valence-electron chi connectivity index (χ4n) is 3.72. The zero-order chi connectivity index (χ0) is 15.8. The Labute approximate surface area is 140 Å². The van der Waals surface area contributed by atoms with Crippen LogP contribution in [-0.2, 0) is 11.2 Å². The minimum atomic E-state index is 0.159. The summed E-state index contributed by atoms with van der Waals surface area (Å²) in [5.74, 6) is 1.39. The van der Waals surface area contributed by atoms with Gasteiger partial charge in [0.2, 0.25) is 5.91 Å². The maximum absolute atomic E-state index is 12.7. The number of ether oxygens (including phenoxy) is 2. The molecule has 6 heteroatoms. The smallest absolute Gasteiger partial charge is 0.227 e. The normalized spacial score (nSPS) is 26.0. The molecule has 1 amide bonds. The zero-order valence-electron chi connectivity index (χ0n) is 13.0. The molecule has 3 aliphatic rings. The zero-order valence-corrected chi connectivity index (χ0v) is 13.8. The van der Waals surface area contributed by atoms with Gasteiger partial charge in [0.15, 0.2) is 11.5 Å². The standard InChI is InChI=1S/C17H21ClN2O3/c18-14-7-11(8-15-17(14)23-6-5-22-15)9-16(21)20-4-3-12-1-2-13(10-20)19-12/h7-8,12-13,19H,1-6,9-10H2. The number of likely N-dealkylation sites (tertiary alicyclic amines) is 1. The number of halogens is 1. The molecule has 5 nitrogen and oxygen atoms in total. The number of amides is 1. The second-order valence-electron chi connectivity index (χ2n) is 6.54. The molecule has 1 aromatic rings. The molecule has 124 valence electrons. The highest BCUT2D eigenvalue weighted by Crippen LogP contribution is 2.38. The van der Waals surface area contributed by atoms with E-state index in [-0.39, 0.29) is 5.91 Å². The molecule has 0 aromatic heterocycles. The first-order valence-electron chi connectivity index (χ1n) is 8.31. The summed E-state index contributed by atoms with van der Waals surface area (Å²) < 4.78 is 11.1. The third-order valence-electron chi connectivity index (χ3n) is 4.89. The maximum Gasteiger partial charge on any atom is 0.227 e. The highest BCUT2D eigenvalue weighted by atomic mass is 35.5. The summed E-state index contributed by atoms with van der Waals surface area (Å²) in [6.45, 7) is 2.68. The van der Waals surface area contributed by atoms with Crippen molar-refractivity contribution < 1.29 is 14.3 Å². The first-order chi connectivity index (χ1) is 11.2. The summed E-state index contributed by atoms with van der Waals surface area (Å²) in [7, 11) is 0. The Morgan fingerprint density at radius 3 is 2.96 bits per heavy atom. The highest BCUT2D eigenvalue weighted by molar-refractivity contribution is 6.32. The number of rotatable bonds is 2. The van der Waals surface area contributed by atoms with Crippen molar-refractivity contribution in [2.75, 3.05) is 26.3 Å². The third-order valence-corrected chi connectivity index (χ3v) is 5.17. The molecule has 0 aliphatic carbocycles. The molecule has 3 aliphatic heterocycles. The molecule has 2 bridgehead atoms. The van der Waals surface area contributed by atoms with E-state index in [9.17, 15) is 4.79 Å². The Kier molecular flexibility index (Phi) is 4.07. The van der Waals surface area contributed by atoms with Gasteiger partial charge in [0.05, 0.1) is 11.4 Å². The number of fused-ring (bicyclic) bond motifs is 3. The van der Waals surface area contributed by atoms with Gasteiger partial charge in [0.1, 0.15) is 13.2 Å². The van der Waals surface area contributed by atoms with Gasteiger partial charge < -0.3 is 19.7 Å². The summed E-state index contributed by atoms with van der Waals surface area (Å²) in [4.78, 5) is 14.6. The van der Waals surface area contributed by atoms with Crippen LogP contribution >= 0.6 is 11.6 Å². The van der Waals surface area contributed by atoms with Crippen molar-refractivity contribution >= 4 is 17.5 Å². The van der Waals surface area contributed by atoms with Crippen molar-refractivity contribution in [3.8, 4) is 11.5 Å². The van der Waals surface area contributed by atoms with Crippen molar-refractivity contribution in [1.29, 1.82) is 0 Å². The lowest BCUT2D eigenvalue weighted by Gasteiger charge is -2.25. The summed E-state index contributed by atoms with van der Waals surface area (Å²) in [5.41, 5.74) is 0.881. The largest absolute Gasteiger partial charge is 0.486 e. The Morgan fingerprint density at radius 2 is 2.04 bits per heavy atom. The molecule has 2 saturated heterocycles. The van der Waals surface area contributed by atoms with Crippen LogP contribution < -0.4 is 14.8 Å². The van der Waals surface area contributed by atoms with E-state index in [1.807, 2.05) is 17.0 Å². The van der Waals surface area contributed by atoms with Gasteiger partial charge in [-0.3, -0.25) is 4.79 Å². The molecular weight excluding hydrogens is 316 g/mol. The lowest BCUT2D eigenvalue weighted by Crippen LogP contribution is -2.39. The third kappa shape index (κ3) is 3.12. The van der Waals surface area contributed by atoms with Gasteiger partial charge in [-0.1, -0.05) is 11.6 Å². The van der Waals surface area contributed by atoms with Crippen LogP contribution in [0.4, 0.5) is 0 Å². The molecule has 3 heterocycles. The fraction of sp³-hybridized carbons (Fsp3) is 0.588. The minimum absolute atomic E-state index is 0.159. The van der Waals surface area contributed by atoms with E-state index in [0.717, 1.165) is 25.1 Å². The lowest BCUT2D eigenvalue weighted by atomic mass is 10.1. The number of carbonyl (C=O) groups is 1. The first kappa shape index (κ1) is 15.1. The van der Waals surface area contributed by atoms with E-state index >= 15 is 0 Å². The molecule has 1 N–H and O–H groups in total. The number of nitrogens with zero attached hydrogens (tertiary/aromatic N) is 1. The van der Waals surface area contributed by atoms with Gasteiger partial charge in [-0.15, -0.1) is 0 Å². The molecule has 1 aromatic carbocycles. The van der Waals surface area contributed by atoms with Gasteiger partial charge in [-0.05, 0) is 37.0 Å². The number of carbonyl (C=O) groups excluding carboxylic acids is 1. The number of hydrogen-bond acceptors (Lipinski definition) is 4. The predicted molar refractivity (Wildman–Crippen MR) is 87.3 cm³/mol. The van der Waals surface area contributed by atoms with Gasteiger partial charge in [-0.25, -0.2) is 0 Å². The Balaban J connectivity index is 1.47. The number of nitrogens with one attached hydrogen (secondary N) is 1. The van der Waals surface area contributed by atoms with Gasteiger partial charge >= 0.3 is 0 Å². The van der Waals surface area contributed by atoms with Crippen molar-refractivity contribution in [2.24, 2.45) is 0 Å². The molecule has 0 radical (unpaired) electrons. The van der Waals surface area contributed by atoms with Crippen molar-refractivity contribution in [1.82, 2.24) is 10.2 Å². The monoisotopic (exact) mass is 336 g/mol. The van der Waals surface area contributed by atoms with E-state index in [2.05, 4.69) is 5.32 Å². The summed E-state index contributed by atoms with van der Waals surface area (Å²) >= 11 is 6.25. The van der Waals surface area contributed by atoms with Crippen LogP contribution in [-0.4, -0.2) is 49.2 Å². The molecular formula is C17H21ClN2O3. The second kappa shape index (κ2) is 6.21. The van der Waals surface area contributed by atoms with E-state index in [0.29, 0.717) is 48.2 Å². The summed E-state index contributed by atoms with van der Waals surface area (Å²) in [6, 6.07) is 4.73. The summed E-state index contributed by atoms with van der Waals surface area (Å²) in [6.07, 6.45) is 3.81. The molecule has 0 spiro atoms. The van der Waals surface area contributed by atoms with Gasteiger partial charge in [0, 0.05) is 25.2 Å². The quantitative estimate of drug-likeness (QED) is 0.897. The van der Waals surface area contributed by atoms with Crippen molar-refractivity contribution in [3.63, 3.8) is 0 Å². The first-order valence-corrected chi connectivity index (χ1v) is 8.68. The number of hydrogen-bond donors (Lipinski definition) is 1. The summed E-state index contributed by atoms with van der Waals surface area (Å²) in [5, 5.41) is 4.12. The van der Waals surface area contributed by atoms with Crippen LogP contribution in [0.5, 0.6) is 11.5 Å². The second-order valence-corrected chi connectivity index (χ2v) is 6.95. The van der Waals surface area contributed by atoms with Gasteiger partial charge in [-0.2, -0.15) is 0 Å². The van der Waals surface area contributed by atoms with E-state index in [1.165, 1.54) is 12.8 Å².